The maximum absolute atomic E-state index is 12.3. The number of nitrogens with one attached hydrogen (secondary N) is 1. The number of hydrogen-bond donors (Lipinski definition) is 1. The molecule has 0 saturated heterocycles. The Morgan fingerprint density at radius 1 is 1.13 bits per heavy atom. The van der Waals surface area contributed by atoms with Gasteiger partial charge in [-0.15, -0.1) is 11.3 Å². The third-order valence-corrected chi connectivity index (χ3v) is 7.21. The van der Waals surface area contributed by atoms with Crippen molar-refractivity contribution in [3.05, 3.63) is 28.6 Å². The maximum atomic E-state index is 12.3. The molecule has 1 aliphatic rings. The quantitative estimate of drug-likeness (QED) is 0.741. The summed E-state index contributed by atoms with van der Waals surface area (Å²) in [5, 5.41) is 0.284. The van der Waals surface area contributed by atoms with E-state index in [9.17, 15) is 8.42 Å². The van der Waals surface area contributed by atoms with Crippen molar-refractivity contribution < 1.29 is 17.9 Å². The van der Waals surface area contributed by atoms with Gasteiger partial charge in [0.05, 0.1) is 14.6 Å². The van der Waals surface area contributed by atoms with Gasteiger partial charge in [0.15, 0.2) is 16.6 Å². The Morgan fingerprint density at radius 2 is 1.87 bits per heavy atom. The number of sulfonamides is 1. The molecule has 3 aromatic rings. The molecule has 0 atom stereocenters. The lowest BCUT2D eigenvalue weighted by Crippen LogP contribution is -2.15. The molecule has 0 fully saturated rings. The number of ether oxygens (including phenoxy) is 2. The summed E-state index contributed by atoms with van der Waals surface area (Å²) >= 11 is 8.02. The molecule has 6 nitrogen and oxygen atoms in total. The van der Waals surface area contributed by atoms with Crippen LogP contribution in [-0.2, 0) is 10.0 Å². The van der Waals surface area contributed by atoms with E-state index in [0.29, 0.717) is 34.6 Å². The fourth-order valence-electron chi connectivity index (χ4n) is 2.12. The number of fused-ring (bicyclic) bond motifs is 2. The lowest BCUT2D eigenvalue weighted by molar-refractivity contribution is 0.172. The van der Waals surface area contributed by atoms with E-state index in [2.05, 4.69) is 9.71 Å². The van der Waals surface area contributed by atoms with Gasteiger partial charge in [-0.2, -0.15) is 0 Å². The minimum absolute atomic E-state index is 0.146. The van der Waals surface area contributed by atoms with Crippen LogP contribution in [0.25, 0.3) is 10.2 Å². The highest BCUT2D eigenvalue weighted by Gasteiger charge is 2.20. The van der Waals surface area contributed by atoms with Crippen LogP contribution in [0.4, 0.5) is 5.13 Å². The van der Waals surface area contributed by atoms with Crippen molar-refractivity contribution in [3.8, 4) is 11.5 Å². The fourth-order valence-corrected chi connectivity index (χ4v) is 5.71. The van der Waals surface area contributed by atoms with Crippen LogP contribution in [-0.4, -0.2) is 26.6 Å². The standard InChI is InChI=1S/C13H9ClN2O4S3/c14-11-1-2-12(22-11)23(17,18)16-13-15-7-5-8-9(6-10(7)21-13)20-4-3-19-8/h1-2,5-6H,3-4H2,(H,15,16). The third kappa shape index (κ3) is 2.85. The molecule has 0 radical (unpaired) electrons. The largest absolute Gasteiger partial charge is 0.486 e. The molecule has 10 heteroatoms. The first-order valence-electron chi connectivity index (χ1n) is 6.50. The zero-order valence-corrected chi connectivity index (χ0v) is 14.6. The van der Waals surface area contributed by atoms with Gasteiger partial charge in [0.1, 0.15) is 17.4 Å². The van der Waals surface area contributed by atoms with E-state index in [0.717, 1.165) is 16.0 Å². The van der Waals surface area contributed by atoms with Crippen LogP contribution in [0.2, 0.25) is 4.34 Å². The van der Waals surface area contributed by atoms with Gasteiger partial charge in [-0.05, 0) is 12.1 Å². The van der Waals surface area contributed by atoms with Gasteiger partial charge < -0.3 is 9.47 Å². The summed E-state index contributed by atoms with van der Waals surface area (Å²) in [6.07, 6.45) is 0. The highest BCUT2D eigenvalue weighted by Crippen LogP contribution is 2.38. The average Bonchev–Trinajstić information content (AvgIpc) is 3.10. The molecule has 0 bridgehead atoms. The van der Waals surface area contributed by atoms with Gasteiger partial charge in [-0.1, -0.05) is 22.9 Å². The van der Waals surface area contributed by atoms with Crippen molar-refractivity contribution in [1.82, 2.24) is 4.98 Å². The number of rotatable bonds is 3. The molecule has 0 aliphatic carbocycles. The Kier molecular flexibility index (Phi) is 3.60. The molecule has 4 rings (SSSR count). The highest BCUT2D eigenvalue weighted by atomic mass is 35.5. The molecule has 0 spiro atoms. The summed E-state index contributed by atoms with van der Waals surface area (Å²) in [5.74, 6) is 1.26. The second-order valence-corrected chi connectivity index (χ2v) is 9.30. The van der Waals surface area contributed by atoms with Crippen molar-refractivity contribution in [2.75, 3.05) is 17.9 Å². The number of anilines is 1. The van der Waals surface area contributed by atoms with Gasteiger partial charge in [0, 0.05) is 12.1 Å². The third-order valence-electron chi connectivity index (χ3n) is 3.09. The number of nitrogens with zero attached hydrogens (tertiary/aromatic N) is 1. The number of benzene rings is 1. The molecule has 0 saturated carbocycles. The van der Waals surface area contributed by atoms with E-state index in [4.69, 9.17) is 21.1 Å². The van der Waals surface area contributed by atoms with Crippen LogP contribution in [0.5, 0.6) is 11.5 Å². The Balaban J connectivity index is 1.69. The molecule has 1 aromatic carbocycles. The van der Waals surface area contributed by atoms with E-state index >= 15 is 0 Å². The summed E-state index contributed by atoms with van der Waals surface area (Å²) in [6.45, 7) is 0.983. The van der Waals surface area contributed by atoms with Crippen molar-refractivity contribution >= 4 is 59.6 Å². The van der Waals surface area contributed by atoms with Crippen molar-refractivity contribution in [2.45, 2.75) is 4.21 Å². The molecule has 23 heavy (non-hydrogen) atoms. The second-order valence-electron chi connectivity index (χ2n) is 4.65. The zero-order chi connectivity index (χ0) is 16.0. The Hall–Kier alpha value is -1.55. The zero-order valence-electron chi connectivity index (χ0n) is 11.4. The first-order chi connectivity index (χ1) is 11.0. The second kappa shape index (κ2) is 5.52. The molecular weight excluding hydrogens is 380 g/mol. The van der Waals surface area contributed by atoms with E-state index < -0.39 is 10.0 Å². The van der Waals surface area contributed by atoms with Crippen LogP contribution in [0, 0.1) is 0 Å². The van der Waals surface area contributed by atoms with Gasteiger partial charge in [-0.3, -0.25) is 4.72 Å². The van der Waals surface area contributed by atoms with Crippen molar-refractivity contribution in [2.24, 2.45) is 0 Å². The number of hydrogen-bond acceptors (Lipinski definition) is 7. The van der Waals surface area contributed by atoms with E-state index in [1.807, 2.05) is 0 Å². The lowest BCUT2D eigenvalue weighted by Gasteiger charge is -2.17. The predicted molar refractivity (Wildman–Crippen MR) is 90.7 cm³/mol. The van der Waals surface area contributed by atoms with Crippen molar-refractivity contribution in [1.29, 1.82) is 0 Å². The van der Waals surface area contributed by atoms with Crippen LogP contribution < -0.4 is 14.2 Å². The molecular formula is C13H9ClN2O4S3. The Labute approximate surface area is 144 Å². The minimum Gasteiger partial charge on any atom is -0.486 e. The topological polar surface area (TPSA) is 77.5 Å². The number of thiophene rings is 1. The summed E-state index contributed by atoms with van der Waals surface area (Å²) < 4.78 is 39.5. The summed E-state index contributed by atoms with van der Waals surface area (Å²) in [4.78, 5) is 4.30. The van der Waals surface area contributed by atoms with Gasteiger partial charge in [-0.25, -0.2) is 13.4 Å². The number of halogens is 1. The van der Waals surface area contributed by atoms with Crippen LogP contribution >= 0.6 is 34.3 Å². The summed E-state index contributed by atoms with van der Waals surface area (Å²) in [7, 11) is -3.69. The maximum Gasteiger partial charge on any atom is 0.273 e. The normalized spacial score (nSPS) is 14.1. The van der Waals surface area contributed by atoms with E-state index in [-0.39, 0.29) is 9.34 Å². The fraction of sp³-hybridized carbons (Fsp3) is 0.154. The summed E-state index contributed by atoms with van der Waals surface area (Å²) in [5.41, 5.74) is 0.654. The van der Waals surface area contributed by atoms with Gasteiger partial charge in [0.2, 0.25) is 0 Å². The van der Waals surface area contributed by atoms with Gasteiger partial charge in [0.25, 0.3) is 10.0 Å². The molecule has 1 N–H and O–H groups in total. The monoisotopic (exact) mass is 388 g/mol. The van der Waals surface area contributed by atoms with E-state index in [1.165, 1.54) is 17.4 Å². The number of aromatic nitrogens is 1. The minimum atomic E-state index is -3.69. The lowest BCUT2D eigenvalue weighted by atomic mass is 10.3. The molecule has 3 heterocycles. The average molecular weight is 389 g/mol. The van der Waals surface area contributed by atoms with Crippen LogP contribution in [0.15, 0.2) is 28.5 Å². The highest BCUT2D eigenvalue weighted by molar-refractivity contribution is 7.95. The van der Waals surface area contributed by atoms with Gasteiger partial charge >= 0.3 is 0 Å². The SMILES string of the molecule is O=S(=O)(Nc1nc2cc3c(cc2s1)OCCO3)c1ccc(Cl)s1. The van der Waals surface area contributed by atoms with Crippen molar-refractivity contribution in [3.63, 3.8) is 0 Å². The Bertz CT molecular complexity index is 953. The molecule has 1 aliphatic heterocycles. The molecule has 0 amide bonds. The predicted octanol–water partition coefficient (Wildman–Crippen LogP) is 3.58. The Morgan fingerprint density at radius 3 is 2.57 bits per heavy atom. The summed E-state index contributed by atoms with van der Waals surface area (Å²) in [6, 6.07) is 6.56. The molecule has 2 aromatic heterocycles. The van der Waals surface area contributed by atoms with Crippen LogP contribution in [0.3, 0.4) is 0 Å². The van der Waals surface area contributed by atoms with E-state index in [1.54, 1.807) is 18.2 Å². The first kappa shape index (κ1) is 15.0. The first-order valence-corrected chi connectivity index (χ1v) is 9.99. The molecule has 120 valence electrons. The smallest absolute Gasteiger partial charge is 0.273 e. The number of thiazole rings is 1. The molecule has 0 unspecified atom stereocenters. The van der Waals surface area contributed by atoms with Crippen LogP contribution in [0.1, 0.15) is 0 Å².